The van der Waals surface area contributed by atoms with E-state index in [4.69, 9.17) is 11.6 Å². The number of nitrogens with one attached hydrogen (secondary N) is 1. The minimum Gasteiger partial charge on any atom is -0.352 e. The summed E-state index contributed by atoms with van der Waals surface area (Å²) < 4.78 is 29.1. The summed E-state index contributed by atoms with van der Waals surface area (Å²) in [6, 6.07) is 30.4. The minimum absolute atomic E-state index is 0.0512. The number of carbonyl (C=O) groups excluding carboxylic acids is 2. The first-order valence-electron chi connectivity index (χ1n) is 14.1. The lowest BCUT2D eigenvalue weighted by Gasteiger charge is -2.34. The Morgan fingerprint density at radius 3 is 2.02 bits per heavy atom. The lowest BCUT2D eigenvalue weighted by molar-refractivity contribution is -0.140. The van der Waals surface area contributed by atoms with Gasteiger partial charge in [0, 0.05) is 24.0 Å². The lowest BCUT2D eigenvalue weighted by atomic mass is 10.0. The minimum atomic E-state index is -4.14. The molecule has 4 rings (SSSR count). The molecule has 0 aromatic heterocycles. The Balaban J connectivity index is 1.79. The molecule has 0 radical (unpaired) electrons. The van der Waals surface area contributed by atoms with Gasteiger partial charge in [-0.3, -0.25) is 13.9 Å². The van der Waals surface area contributed by atoms with Crippen LogP contribution in [0, 0.1) is 6.92 Å². The van der Waals surface area contributed by atoms with Gasteiger partial charge >= 0.3 is 0 Å². The van der Waals surface area contributed by atoms with Gasteiger partial charge in [0.25, 0.3) is 10.0 Å². The third-order valence-electron chi connectivity index (χ3n) is 6.88. The van der Waals surface area contributed by atoms with Crippen molar-refractivity contribution in [2.24, 2.45) is 0 Å². The fourth-order valence-electron chi connectivity index (χ4n) is 4.73. The molecule has 0 saturated carbocycles. The molecule has 0 heterocycles. The summed E-state index contributed by atoms with van der Waals surface area (Å²) in [5.74, 6) is -0.860. The Hall–Kier alpha value is -4.14. The maximum absolute atomic E-state index is 14.4. The van der Waals surface area contributed by atoms with Gasteiger partial charge in [0.05, 0.1) is 10.6 Å². The van der Waals surface area contributed by atoms with E-state index in [1.54, 1.807) is 60.7 Å². The van der Waals surface area contributed by atoms with Crippen LogP contribution in [0.2, 0.25) is 5.02 Å². The van der Waals surface area contributed by atoms with Crippen LogP contribution in [0.15, 0.2) is 114 Å². The van der Waals surface area contributed by atoms with Crippen molar-refractivity contribution in [3.05, 3.63) is 131 Å². The van der Waals surface area contributed by atoms with Gasteiger partial charge in [0.2, 0.25) is 11.8 Å². The molecule has 2 amide bonds. The maximum atomic E-state index is 14.4. The van der Waals surface area contributed by atoms with Crippen molar-refractivity contribution in [1.29, 1.82) is 0 Å². The molecule has 0 aliphatic heterocycles. The zero-order valence-corrected chi connectivity index (χ0v) is 26.1. The van der Waals surface area contributed by atoms with Crippen LogP contribution >= 0.6 is 11.6 Å². The van der Waals surface area contributed by atoms with Crippen LogP contribution in [0.5, 0.6) is 0 Å². The summed E-state index contributed by atoms with van der Waals surface area (Å²) >= 11 is 6.28. The van der Waals surface area contributed by atoms with Crippen LogP contribution in [0.4, 0.5) is 5.69 Å². The Labute approximate surface area is 259 Å². The van der Waals surface area contributed by atoms with Gasteiger partial charge in [-0.15, -0.1) is 0 Å². The van der Waals surface area contributed by atoms with Gasteiger partial charge in [0.1, 0.15) is 12.6 Å². The first-order valence-corrected chi connectivity index (χ1v) is 15.9. The number of hydrogen-bond donors (Lipinski definition) is 1. The number of sulfonamides is 1. The number of hydrogen-bond acceptors (Lipinski definition) is 4. The summed E-state index contributed by atoms with van der Waals surface area (Å²) in [6.07, 6.45) is 0.238. The number of amides is 2. The zero-order valence-electron chi connectivity index (χ0n) is 24.5. The number of anilines is 1. The number of para-hydroxylation sites is 1. The second-order valence-electron chi connectivity index (χ2n) is 10.7. The molecule has 0 saturated heterocycles. The highest BCUT2D eigenvalue weighted by molar-refractivity contribution is 7.92. The smallest absolute Gasteiger partial charge is 0.264 e. The van der Waals surface area contributed by atoms with Crippen LogP contribution in [0.1, 0.15) is 30.5 Å². The number of aryl methyl sites for hydroxylation is 1. The molecule has 0 spiro atoms. The van der Waals surface area contributed by atoms with Crippen LogP contribution in [-0.2, 0) is 32.6 Å². The predicted octanol–water partition coefficient (Wildman–Crippen LogP) is 6.01. The third-order valence-corrected chi connectivity index (χ3v) is 8.90. The van der Waals surface area contributed by atoms with Gasteiger partial charge in [-0.1, -0.05) is 90.0 Å². The van der Waals surface area contributed by atoms with Gasteiger partial charge in [-0.2, -0.15) is 0 Å². The van der Waals surface area contributed by atoms with E-state index in [1.807, 2.05) is 57.2 Å². The molecule has 43 heavy (non-hydrogen) atoms. The average molecular weight is 618 g/mol. The quantitative estimate of drug-likeness (QED) is 0.211. The SMILES string of the molecule is Cc1ccc(S(=O)(=O)N(CC(=O)N(Cc2cccc(Cl)c2)[C@H](Cc2ccccc2)C(=O)NC(C)C)c2ccccc2)cc1. The Bertz CT molecular complexity index is 1630. The normalized spacial score (nSPS) is 12.0. The monoisotopic (exact) mass is 617 g/mol. The van der Waals surface area contributed by atoms with Crippen molar-refractivity contribution in [2.75, 3.05) is 10.8 Å². The molecular formula is C34H36ClN3O4S. The second-order valence-corrected chi connectivity index (χ2v) is 13.0. The molecule has 9 heteroatoms. The Morgan fingerprint density at radius 1 is 0.814 bits per heavy atom. The lowest BCUT2D eigenvalue weighted by Crippen LogP contribution is -2.54. The van der Waals surface area contributed by atoms with E-state index in [9.17, 15) is 18.0 Å². The van der Waals surface area contributed by atoms with Gasteiger partial charge in [-0.25, -0.2) is 8.42 Å². The van der Waals surface area contributed by atoms with Crippen LogP contribution in [0.3, 0.4) is 0 Å². The molecule has 0 aliphatic rings. The largest absolute Gasteiger partial charge is 0.352 e. The highest BCUT2D eigenvalue weighted by Crippen LogP contribution is 2.25. The first kappa shape index (κ1) is 31.8. The van der Waals surface area contributed by atoms with Crippen LogP contribution in [-0.4, -0.2) is 43.8 Å². The fraction of sp³-hybridized carbons (Fsp3) is 0.235. The summed E-state index contributed by atoms with van der Waals surface area (Å²) in [7, 11) is -4.14. The summed E-state index contributed by atoms with van der Waals surface area (Å²) in [5.41, 5.74) is 2.82. The van der Waals surface area contributed by atoms with E-state index < -0.39 is 28.5 Å². The summed E-state index contributed by atoms with van der Waals surface area (Å²) in [5, 5.41) is 3.44. The molecule has 1 atom stereocenters. The topological polar surface area (TPSA) is 86.8 Å². The van der Waals surface area contributed by atoms with Gasteiger partial charge in [0.15, 0.2) is 0 Å². The zero-order chi connectivity index (χ0) is 31.0. The number of halogens is 1. The Morgan fingerprint density at radius 2 is 1.42 bits per heavy atom. The van der Waals surface area contributed by atoms with Crippen molar-refractivity contribution in [3.63, 3.8) is 0 Å². The molecule has 4 aromatic carbocycles. The van der Waals surface area contributed by atoms with E-state index in [1.165, 1.54) is 17.0 Å². The molecule has 4 aromatic rings. The van der Waals surface area contributed by atoms with E-state index in [-0.39, 0.29) is 29.8 Å². The average Bonchev–Trinajstić information content (AvgIpc) is 2.98. The number of nitrogens with zero attached hydrogens (tertiary/aromatic N) is 2. The number of carbonyl (C=O) groups is 2. The van der Waals surface area contributed by atoms with Crippen molar-refractivity contribution < 1.29 is 18.0 Å². The molecule has 224 valence electrons. The van der Waals surface area contributed by atoms with Crippen LogP contribution in [0.25, 0.3) is 0 Å². The maximum Gasteiger partial charge on any atom is 0.264 e. The first-order chi connectivity index (χ1) is 20.5. The number of rotatable bonds is 12. The fourth-order valence-corrected chi connectivity index (χ4v) is 6.35. The second kappa shape index (κ2) is 14.4. The predicted molar refractivity (Wildman–Crippen MR) is 171 cm³/mol. The van der Waals surface area contributed by atoms with Gasteiger partial charge < -0.3 is 10.2 Å². The van der Waals surface area contributed by atoms with E-state index in [0.29, 0.717) is 16.3 Å². The molecule has 0 unspecified atom stereocenters. The molecule has 0 fully saturated rings. The van der Waals surface area contributed by atoms with E-state index >= 15 is 0 Å². The molecule has 7 nitrogen and oxygen atoms in total. The van der Waals surface area contributed by atoms with Gasteiger partial charge in [-0.05, 0) is 68.3 Å². The summed E-state index contributed by atoms with van der Waals surface area (Å²) in [6.45, 7) is 5.12. The number of benzene rings is 4. The molecule has 0 aliphatic carbocycles. The standard InChI is InChI=1S/C34H36ClN3O4S/c1-25(2)36-34(40)32(22-27-11-6-4-7-12-27)37(23-28-13-10-14-29(35)21-28)33(39)24-38(30-15-8-5-9-16-30)43(41,42)31-19-17-26(3)18-20-31/h4-21,25,32H,22-24H2,1-3H3,(H,36,40)/t32-/m1/s1. The highest BCUT2D eigenvalue weighted by Gasteiger charge is 2.34. The summed E-state index contributed by atoms with van der Waals surface area (Å²) in [4.78, 5) is 29.6. The van der Waals surface area contributed by atoms with Crippen molar-refractivity contribution in [3.8, 4) is 0 Å². The van der Waals surface area contributed by atoms with Crippen molar-refractivity contribution >= 4 is 39.1 Å². The Kier molecular flexibility index (Phi) is 10.6. The van der Waals surface area contributed by atoms with E-state index in [0.717, 1.165) is 15.4 Å². The molecular weight excluding hydrogens is 582 g/mol. The van der Waals surface area contributed by atoms with Crippen LogP contribution < -0.4 is 9.62 Å². The third kappa shape index (κ3) is 8.46. The highest BCUT2D eigenvalue weighted by atomic mass is 35.5. The van der Waals surface area contributed by atoms with Crippen molar-refractivity contribution in [2.45, 2.75) is 50.7 Å². The molecule has 0 bridgehead atoms. The molecule has 1 N–H and O–H groups in total. The van der Waals surface area contributed by atoms with Crippen molar-refractivity contribution in [1.82, 2.24) is 10.2 Å². The van der Waals surface area contributed by atoms with E-state index in [2.05, 4.69) is 5.32 Å².